The molecule has 0 radical (unpaired) electrons. The van der Waals surface area contributed by atoms with Crippen molar-refractivity contribution in [3.05, 3.63) is 45.9 Å². The number of thiazole rings is 1. The summed E-state index contributed by atoms with van der Waals surface area (Å²) < 4.78 is 1.61. The lowest BCUT2D eigenvalue weighted by atomic mass is 10.0. The molecule has 17 nitrogen and oxygen atoms in total. The minimum Gasteiger partial charge on any atom is -0.477 e. The normalized spacial score (nSPS) is 18.5. The molecule has 1 fully saturated rings. The largest absolute Gasteiger partial charge is 0.477 e. The molecule has 1 unspecified atom stereocenters. The minimum absolute atomic E-state index is 0.0475. The van der Waals surface area contributed by atoms with Crippen molar-refractivity contribution >= 4 is 75.0 Å². The van der Waals surface area contributed by atoms with E-state index < -0.39 is 40.7 Å². The molecule has 3 amide bonds. The summed E-state index contributed by atoms with van der Waals surface area (Å²) in [7, 11) is 0. The lowest BCUT2D eigenvalue weighted by Gasteiger charge is -2.49. The van der Waals surface area contributed by atoms with Gasteiger partial charge in [-0.15, -0.1) is 34.9 Å². The molecule has 0 aliphatic carbocycles. The molecule has 0 aromatic carbocycles. The number of nitrogens with one attached hydrogen (secondary N) is 2. The number of aliphatic carboxylic acids is 1. The fraction of sp³-hybridized carbons (Fsp3) is 0.360. The summed E-state index contributed by atoms with van der Waals surface area (Å²) >= 11 is 3.63. The van der Waals surface area contributed by atoms with Crippen LogP contribution in [-0.2, 0) is 30.6 Å². The van der Waals surface area contributed by atoms with Crippen LogP contribution in [0.1, 0.15) is 30.9 Å². The number of rotatable bonds is 11. The van der Waals surface area contributed by atoms with Crippen molar-refractivity contribution in [1.29, 1.82) is 0 Å². The van der Waals surface area contributed by atoms with Gasteiger partial charge in [0.25, 0.3) is 17.7 Å². The van der Waals surface area contributed by atoms with Gasteiger partial charge in [0, 0.05) is 23.0 Å². The molecule has 3 aromatic rings. The second-order valence-corrected chi connectivity index (χ2v) is 13.3. The molecule has 2 aliphatic rings. The maximum atomic E-state index is 13.4. The molecule has 5 heterocycles. The van der Waals surface area contributed by atoms with E-state index in [-0.39, 0.29) is 40.3 Å². The molecule has 3 aromatic heterocycles. The van der Waals surface area contributed by atoms with Gasteiger partial charge in [-0.25, -0.2) is 25.1 Å². The van der Waals surface area contributed by atoms with Crippen LogP contribution in [-0.4, -0.2) is 92.6 Å². The number of hydrogen-bond acceptors (Lipinski definition) is 15. The van der Waals surface area contributed by atoms with Crippen molar-refractivity contribution in [3.8, 4) is 0 Å². The molecule has 2 atom stereocenters. The van der Waals surface area contributed by atoms with E-state index in [0.29, 0.717) is 21.9 Å². The maximum Gasteiger partial charge on any atom is 0.352 e. The number of anilines is 1. The monoisotopic (exact) mass is 676 g/mol. The number of nitrogen functional groups attached to an aromatic ring is 1. The van der Waals surface area contributed by atoms with E-state index in [1.165, 1.54) is 42.8 Å². The number of aryl methyl sites for hydroxylation is 1. The molecule has 45 heavy (non-hydrogen) atoms. The Morgan fingerprint density at radius 2 is 2.04 bits per heavy atom. The number of β-lactam (4-membered cyclic amide) rings is 1. The van der Waals surface area contributed by atoms with Crippen LogP contribution in [0.2, 0.25) is 0 Å². The number of nitrogens with two attached hydrogens (primary N) is 2. The topological polar surface area (TPSA) is 253 Å². The molecular weight excluding hydrogens is 649 g/mol. The zero-order valence-corrected chi connectivity index (χ0v) is 26.5. The molecule has 0 spiro atoms. The quantitative estimate of drug-likeness (QED) is 0.0287. The number of aliphatic hydroxyl groups excluding tert-OH is 1. The molecule has 1 saturated heterocycles. The summed E-state index contributed by atoms with van der Waals surface area (Å²) in [5.41, 5.74) is 7.86. The molecule has 8 N–H and O–H groups in total. The number of nitrogens with zero attached hydrogens (tertiary/aromatic N) is 6. The molecule has 20 heteroatoms. The van der Waals surface area contributed by atoms with Crippen LogP contribution in [0.15, 0.2) is 39.0 Å². The number of aliphatic hydroxyl groups is 1. The van der Waals surface area contributed by atoms with Gasteiger partial charge >= 0.3 is 5.97 Å². The van der Waals surface area contributed by atoms with Gasteiger partial charge in [0.2, 0.25) is 5.60 Å². The van der Waals surface area contributed by atoms with Crippen LogP contribution in [0.25, 0.3) is 5.65 Å². The Morgan fingerprint density at radius 1 is 1.29 bits per heavy atom. The van der Waals surface area contributed by atoms with Crippen molar-refractivity contribution in [2.24, 2.45) is 11.0 Å². The first-order valence-corrected chi connectivity index (χ1v) is 16.1. The summed E-state index contributed by atoms with van der Waals surface area (Å²) in [6, 6.07) is 2.36. The Hall–Kier alpha value is -4.24. The van der Waals surface area contributed by atoms with Gasteiger partial charge in [0.15, 0.2) is 16.5 Å². The molecule has 5 rings (SSSR count). The van der Waals surface area contributed by atoms with Crippen molar-refractivity contribution in [2.45, 2.75) is 49.4 Å². The highest BCUT2D eigenvalue weighted by Gasteiger charge is 2.54. The number of fused-ring (bicyclic) bond motifs is 2. The third-order valence-electron chi connectivity index (χ3n) is 6.69. The Kier molecular flexibility index (Phi) is 9.03. The Morgan fingerprint density at radius 3 is 2.69 bits per heavy atom. The van der Waals surface area contributed by atoms with Crippen molar-refractivity contribution in [3.63, 3.8) is 0 Å². The van der Waals surface area contributed by atoms with Gasteiger partial charge in [-0.05, 0) is 32.4 Å². The number of carboxylic acids is 1. The first kappa shape index (κ1) is 32.2. The first-order valence-electron chi connectivity index (χ1n) is 13.1. The van der Waals surface area contributed by atoms with Crippen LogP contribution in [0.3, 0.4) is 0 Å². The second kappa shape index (κ2) is 12.6. The number of carbonyl (C=O) groups excluding carboxylic acids is 3. The Bertz CT molecular complexity index is 1770. The molecule has 0 saturated carbocycles. The van der Waals surface area contributed by atoms with Crippen LogP contribution in [0.5, 0.6) is 0 Å². The highest BCUT2D eigenvalue weighted by atomic mass is 32.2. The van der Waals surface area contributed by atoms with E-state index in [2.05, 4.69) is 25.5 Å². The van der Waals surface area contributed by atoms with Crippen LogP contribution in [0, 0.1) is 6.92 Å². The second-order valence-electron chi connectivity index (χ2n) is 10.3. The number of hydrazine groups is 1. The zero-order chi connectivity index (χ0) is 32.6. The van der Waals surface area contributed by atoms with Gasteiger partial charge in [-0.2, -0.15) is 5.10 Å². The van der Waals surface area contributed by atoms with E-state index in [1.54, 1.807) is 16.6 Å². The summed E-state index contributed by atoms with van der Waals surface area (Å²) in [4.78, 5) is 66.0. The third kappa shape index (κ3) is 6.31. The smallest absolute Gasteiger partial charge is 0.352 e. The summed E-state index contributed by atoms with van der Waals surface area (Å²) in [6.45, 7) is 4.29. The number of hydrogen-bond donors (Lipinski definition) is 6. The van der Waals surface area contributed by atoms with Gasteiger partial charge in [0.1, 0.15) is 27.8 Å². The summed E-state index contributed by atoms with van der Waals surface area (Å²) in [5, 5.41) is 32.1. The van der Waals surface area contributed by atoms with E-state index in [1.807, 2.05) is 12.3 Å². The number of aromatic nitrogens is 4. The number of carbonyl (C=O) groups is 4. The number of thioether (sulfide) groups is 2. The van der Waals surface area contributed by atoms with Gasteiger partial charge in [-0.1, -0.05) is 5.16 Å². The first-order chi connectivity index (χ1) is 21.3. The summed E-state index contributed by atoms with van der Waals surface area (Å²) in [5.74, 6) is 2.21. The average molecular weight is 677 g/mol. The fourth-order valence-corrected chi connectivity index (χ4v) is 7.50. The SMILES string of the molecule is Cc1cc2nc(CO)cc(SCC3=C(C(=O)O)N4C(=O)C(NC(=O)C(=NOC(C)(C)C(=O)NN)c5csc(N)n5)[C@@H]4SC3)n2n1. The van der Waals surface area contributed by atoms with E-state index in [9.17, 15) is 29.4 Å². The Labute approximate surface area is 267 Å². The third-order valence-corrected chi connectivity index (χ3v) is 9.78. The minimum atomic E-state index is -1.56. The number of oxime groups is 1. The van der Waals surface area contributed by atoms with Gasteiger partial charge in [-0.3, -0.25) is 24.7 Å². The molecule has 0 bridgehead atoms. The average Bonchev–Trinajstić information content (AvgIpc) is 3.61. The van der Waals surface area contributed by atoms with E-state index in [4.69, 9.17) is 16.4 Å². The lowest BCUT2D eigenvalue weighted by molar-refractivity contribution is -0.150. The van der Waals surface area contributed by atoms with Gasteiger partial charge in [0.05, 0.1) is 18.0 Å². The molecule has 238 valence electrons. The molecular formula is C25H28N10O7S3. The predicted octanol–water partition coefficient (Wildman–Crippen LogP) is -0.411. The number of amides is 3. The van der Waals surface area contributed by atoms with Crippen molar-refractivity contribution < 1.29 is 34.2 Å². The van der Waals surface area contributed by atoms with Crippen molar-refractivity contribution in [1.82, 2.24) is 35.2 Å². The highest BCUT2D eigenvalue weighted by Crippen LogP contribution is 2.41. The van der Waals surface area contributed by atoms with E-state index in [0.717, 1.165) is 21.9 Å². The lowest BCUT2D eigenvalue weighted by Crippen LogP contribution is -2.71. The van der Waals surface area contributed by atoms with Crippen LogP contribution in [0.4, 0.5) is 5.13 Å². The van der Waals surface area contributed by atoms with Crippen LogP contribution < -0.4 is 22.3 Å². The van der Waals surface area contributed by atoms with Crippen LogP contribution >= 0.6 is 34.9 Å². The van der Waals surface area contributed by atoms with E-state index >= 15 is 0 Å². The zero-order valence-electron chi connectivity index (χ0n) is 24.0. The highest BCUT2D eigenvalue weighted by molar-refractivity contribution is 8.01. The van der Waals surface area contributed by atoms with Crippen molar-refractivity contribution in [2.75, 3.05) is 17.2 Å². The standard InChI is InChI=1S/C25H28N10O7S3/c1-10-4-14-28-12(6-36)5-15(35(14)32-10)43-7-11-8-44-21-17(20(38)34(21)18(11)22(39)40)30-19(37)16(13-9-45-24(26)29-13)33-42-25(2,3)23(41)31-27/h4-5,9,17,21,36H,6-8,27H2,1-3H3,(H2,26,29)(H,30,37)(H,31,41)(H,39,40)/t17?,21-/m0/s1. The maximum absolute atomic E-state index is 13.4. The predicted molar refractivity (Wildman–Crippen MR) is 165 cm³/mol. The van der Waals surface area contributed by atoms with Gasteiger partial charge < -0.3 is 26.1 Å². The summed E-state index contributed by atoms with van der Waals surface area (Å²) in [6.07, 6.45) is 0. The number of carboxylic acid groups (broad SMARTS) is 1. The fourth-order valence-electron chi connectivity index (χ4n) is 4.44. The molecule has 2 aliphatic heterocycles. The Balaban J connectivity index is 1.35.